The molecule has 0 aliphatic rings. The van der Waals surface area contributed by atoms with Crippen LogP contribution < -0.4 is 4.72 Å². The molecule has 2 aromatic rings. The lowest BCUT2D eigenvalue weighted by molar-refractivity contribution is 0.598. The third-order valence-corrected chi connectivity index (χ3v) is 3.92. The molecule has 0 aliphatic heterocycles. The summed E-state index contributed by atoms with van der Waals surface area (Å²) in [6.07, 6.45) is 1.23. The molecule has 0 radical (unpaired) electrons. The average molecular weight is 312 g/mol. The third-order valence-electron chi connectivity index (χ3n) is 2.35. The number of nitriles is 1. The number of pyridine rings is 1. The molecule has 0 spiro atoms. The lowest BCUT2D eigenvalue weighted by atomic mass is 10.2. The van der Waals surface area contributed by atoms with Crippen LogP contribution in [0.5, 0.6) is 0 Å². The minimum absolute atomic E-state index is 0.00757. The Morgan fingerprint density at radius 3 is 2.65 bits per heavy atom. The largest absolute Gasteiger partial charge is 0.277 e. The molecular weight excluding hydrogens is 305 g/mol. The maximum Gasteiger partial charge on any atom is 0.262 e. The van der Waals surface area contributed by atoms with Gasteiger partial charge in [0.1, 0.15) is 11.0 Å². The maximum atomic E-state index is 13.6. The third kappa shape index (κ3) is 3.04. The molecule has 0 unspecified atom stereocenters. The fraction of sp³-hybridized carbons (Fsp3) is 0. The second-order valence-electron chi connectivity index (χ2n) is 3.73. The van der Waals surface area contributed by atoms with Crippen molar-refractivity contribution in [3.05, 3.63) is 53.1 Å². The number of halogens is 2. The molecular formula is C12H7ClFN3O2S. The van der Waals surface area contributed by atoms with Gasteiger partial charge in [0.05, 0.1) is 22.2 Å². The molecule has 0 aliphatic carbocycles. The first-order chi connectivity index (χ1) is 9.42. The summed E-state index contributed by atoms with van der Waals surface area (Å²) in [5, 5.41) is 8.62. The Bertz CT molecular complexity index is 803. The number of nitrogens with one attached hydrogen (secondary N) is 1. The summed E-state index contributed by atoms with van der Waals surface area (Å²) in [7, 11) is -3.98. The van der Waals surface area contributed by atoms with Crippen LogP contribution in [0.15, 0.2) is 41.4 Å². The molecule has 0 fully saturated rings. The van der Waals surface area contributed by atoms with Crippen LogP contribution in [-0.4, -0.2) is 13.4 Å². The van der Waals surface area contributed by atoms with Crippen molar-refractivity contribution in [1.82, 2.24) is 4.98 Å². The number of hydrogen-bond acceptors (Lipinski definition) is 4. The Hall–Kier alpha value is -2.17. The molecule has 8 heteroatoms. The van der Waals surface area contributed by atoms with Gasteiger partial charge in [0.25, 0.3) is 10.0 Å². The fourth-order valence-corrected chi connectivity index (χ4v) is 2.74. The van der Waals surface area contributed by atoms with E-state index in [2.05, 4.69) is 9.71 Å². The Balaban J connectivity index is 2.36. The van der Waals surface area contributed by atoms with E-state index in [9.17, 15) is 12.8 Å². The Morgan fingerprint density at radius 1 is 1.30 bits per heavy atom. The van der Waals surface area contributed by atoms with Gasteiger partial charge in [-0.05, 0) is 30.3 Å². The second-order valence-corrected chi connectivity index (χ2v) is 5.80. The van der Waals surface area contributed by atoms with E-state index < -0.39 is 15.8 Å². The maximum absolute atomic E-state index is 13.6. The van der Waals surface area contributed by atoms with Crippen molar-refractivity contribution in [2.75, 3.05) is 4.72 Å². The van der Waals surface area contributed by atoms with E-state index in [4.69, 9.17) is 16.9 Å². The van der Waals surface area contributed by atoms with Crippen LogP contribution >= 0.6 is 11.6 Å². The SMILES string of the molecule is N#Cc1ccc(NS(=O)(=O)c2ccnc(Cl)c2)c(F)c1. The van der Waals surface area contributed by atoms with Gasteiger partial charge in [-0.25, -0.2) is 17.8 Å². The highest BCUT2D eigenvalue weighted by Crippen LogP contribution is 2.21. The molecule has 1 N–H and O–H groups in total. The number of rotatable bonds is 3. The molecule has 0 bridgehead atoms. The molecule has 0 amide bonds. The molecule has 2 rings (SSSR count). The van der Waals surface area contributed by atoms with E-state index in [1.54, 1.807) is 6.07 Å². The lowest BCUT2D eigenvalue weighted by Crippen LogP contribution is -2.14. The van der Waals surface area contributed by atoms with Gasteiger partial charge in [0.15, 0.2) is 0 Å². The van der Waals surface area contributed by atoms with Crippen molar-refractivity contribution in [2.24, 2.45) is 0 Å². The second kappa shape index (κ2) is 5.45. The molecule has 102 valence electrons. The topological polar surface area (TPSA) is 82.9 Å². The average Bonchev–Trinajstić information content (AvgIpc) is 2.41. The quantitative estimate of drug-likeness (QED) is 0.883. The van der Waals surface area contributed by atoms with Gasteiger partial charge in [-0.1, -0.05) is 11.6 Å². The van der Waals surface area contributed by atoms with E-state index in [1.165, 1.54) is 24.4 Å². The van der Waals surface area contributed by atoms with Crippen LogP contribution in [0.3, 0.4) is 0 Å². The van der Waals surface area contributed by atoms with Crippen LogP contribution in [-0.2, 0) is 10.0 Å². The number of hydrogen-bond donors (Lipinski definition) is 1. The number of nitrogens with zero attached hydrogens (tertiary/aromatic N) is 2. The van der Waals surface area contributed by atoms with Crippen molar-refractivity contribution in [3.63, 3.8) is 0 Å². The Kier molecular flexibility index (Phi) is 3.88. The standard InChI is InChI=1S/C12H7ClFN3O2S/c13-12-6-9(3-4-16-12)20(18,19)17-11-2-1-8(7-15)5-10(11)14/h1-6,17H. The predicted molar refractivity (Wildman–Crippen MR) is 71.2 cm³/mol. The normalized spacial score (nSPS) is 10.8. The monoisotopic (exact) mass is 311 g/mol. The van der Waals surface area contributed by atoms with E-state index in [-0.39, 0.29) is 21.3 Å². The van der Waals surface area contributed by atoms with Crippen molar-refractivity contribution in [1.29, 1.82) is 5.26 Å². The number of aromatic nitrogens is 1. The van der Waals surface area contributed by atoms with Crippen LogP contribution in [0.1, 0.15) is 5.56 Å². The van der Waals surface area contributed by atoms with Gasteiger partial charge in [-0.2, -0.15) is 5.26 Å². The zero-order valence-corrected chi connectivity index (χ0v) is 11.4. The molecule has 1 aromatic heterocycles. The molecule has 1 aromatic carbocycles. The summed E-state index contributed by atoms with van der Waals surface area (Å²) in [6.45, 7) is 0. The van der Waals surface area contributed by atoms with Crippen LogP contribution in [0, 0.1) is 17.1 Å². The summed E-state index contributed by atoms with van der Waals surface area (Å²) < 4.78 is 39.8. The Morgan fingerprint density at radius 2 is 2.05 bits per heavy atom. The highest BCUT2D eigenvalue weighted by molar-refractivity contribution is 7.92. The van der Waals surface area contributed by atoms with Crippen molar-refractivity contribution in [2.45, 2.75) is 4.90 Å². The first kappa shape index (κ1) is 14.2. The number of anilines is 1. The van der Waals surface area contributed by atoms with Crippen LogP contribution in [0.25, 0.3) is 0 Å². The number of sulfonamides is 1. The van der Waals surface area contributed by atoms with E-state index in [1.807, 2.05) is 0 Å². The summed E-state index contributed by atoms with van der Waals surface area (Å²) >= 11 is 5.61. The van der Waals surface area contributed by atoms with Gasteiger partial charge in [-0.3, -0.25) is 4.72 Å². The van der Waals surface area contributed by atoms with Crippen LogP contribution in [0.4, 0.5) is 10.1 Å². The van der Waals surface area contributed by atoms with Gasteiger partial charge in [-0.15, -0.1) is 0 Å². The minimum Gasteiger partial charge on any atom is -0.277 e. The fourth-order valence-electron chi connectivity index (χ4n) is 1.42. The van der Waals surface area contributed by atoms with Gasteiger partial charge < -0.3 is 0 Å². The zero-order chi connectivity index (χ0) is 14.8. The van der Waals surface area contributed by atoms with Crippen LogP contribution in [0.2, 0.25) is 5.15 Å². The smallest absolute Gasteiger partial charge is 0.262 e. The Labute approximate surface area is 119 Å². The van der Waals surface area contributed by atoms with E-state index >= 15 is 0 Å². The summed E-state index contributed by atoms with van der Waals surface area (Å²) in [5.74, 6) is -0.840. The molecule has 20 heavy (non-hydrogen) atoms. The lowest BCUT2D eigenvalue weighted by Gasteiger charge is -2.09. The molecule has 5 nitrogen and oxygen atoms in total. The van der Waals surface area contributed by atoms with Crippen molar-refractivity contribution < 1.29 is 12.8 Å². The highest BCUT2D eigenvalue weighted by Gasteiger charge is 2.17. The highest BCUT2D eigenvalue weighted by atomic mass is 35.5. The van der Waals surface area contributed by atoms with E-state index in [0.29, 0.717) is 0 Å². The molecule has 0 saturated carbocycles. The van der Waals surface area contributed by atoms with Crippen molar-refractivity contribution >= 4 is 27.3 Å². The summed E-state index contributed by atoms with van der Waals surface area (Å²) in [4.78, 5) is 3.53. The minimum atomic E-state index is -3.98. The zero-order valence-electron chi connectivity index (χ0n) is 9.84. The van der Waals surface area contributed by atoms with Crippen molar-refractivity contribution in [3.8, 4) is 6.07 Å². The van der Waals surface area contributed by atoms with Gasteiger partial charge in [0.2, 0.25) is 0 Å². The number of benzene rings is 1. The van der Waals surface area contributed by atoms with Gasteiger partial charge >= 0.3 is 0 Å². The molecule has 0 saturated heterocycles. The predicted octanol–water partition coefficient (Wildman–Crippen LogP) is 2.55. The molecule has 1 heterocycles. The summed E-state index contributed by atoms with van der Waals surface area (Å²) in [5.41, 5.74) is -0.158. The van der Waals surface area contributed by atoms with Gasteiger partial charge in [0, 0.05) is 6.20 Å². The van der Waals surface area contributed by atoms with E-state index in [0.717, 1.165) is 12.1 Å². The first-order valence-corrected chi connectivity index (χ1v) is 7.12. The summed E-state index contributed by atoms with van der Waals surface area (Å²) in [6, 6.07) is 7.55. The molecule has 0 atom stereocenters. The first-order valence-electron chi connectivity index (χ1n) is 5.26.